The van der Waals surface area contributed by atoms with Crippen molar-refractivity contribution in [3.8, 4) is 0 Å². The average Bonchev–Trinajstić information content (AvgIpc) is 3.10. The van der Waals surface area contributed by atoms with E-state index in [1.54, 1.807) is 36.4 Å². The normalized spacial score (nSPS) is 14.4. The minimum Gasteiger partial charge on any atom is -0.396 e. The molecule has 56 heavy (non-hydrogen) atoms. The molecule has 4 N–H and O–H groups in total. The summed E-state index contributed by atoms with van der Waals surface area (Å²) in [6.45, 7) is 16.4. The van der Waals surface area contributed by atoms with Gasteiger partial charge in [-0.2, -0.15) is 25.3 Å². The fraction of sp³-hybridized carbons (Fsp3) is 0.550. The van der Waals surface area contributed by atoms with E-state index in [1.165, 1.54) is 36.4 Å². The summed E-state index contributed by atoms with van der Waals surface area (Å²) in [5.74, 6) is 0.493. The van der Waals surface area contributed by atoms with Gasteiger partial charge in [0, 0.05) is 12.5 Å². The standard InChI is InChI=1S/C14H22O5S.2C13H20O4S/c1-10(2)8-13(15)14(16)9-19-20(17,18)12-6-4-11(3)5-7-12;1-10(2)12(8-14)9-17-18(15,16)13-6-4-11(3)5-7-13;1-10(2)8-12(14)9-17-18(15,16)13-6-4-11(3)5-7-13/h4-7,10,13-16H,8-9H2,1-3H3;2*4-7,10,12,14H,8-9H2,1-3H3. The van der Waals surface area contributed by atoms with Gasteiger partial charge in [-0.3, -0.25) is 12.5 Å². The Kier molecular flexibility index (Phi) is 22.2. The number of hydrogen-bond acceptors (Lipinski definition) is 13. The molecule has 0 bridgehead atoms. The second-order valence-corrected chi connectivity index (χ2v) is 19.7. The van der Waals surface area contributed by atoms with Crippen LogP contribution in [0.15, 0.2) is 87.5 Å². The highest BCUT2D eigenvalue weighted by atomic mass is 32.2. The maximum absolute atomic E-state index is 11.9. The highest BCUT2D eigenvalue weighted by Crippen LogP contribution is 2.19. The molecule has 0 aliphatic rings. The van der Waals surface area contributed by atoms with E-state index in [0.29, 0.717) is 18.8 Å². The number of aliphatic hydroxyl groups is 4. The summed E-state index contributed by atoms with van der Waals surface area (Å²) in [5, 5.41) is 38.1. The number of hydrogen-bond donors (Lipinski definition) is 4. The van der Waals surface area contributed by atoms with Crippen LogP contribution < -0.4 is 0 Å². The van der Waals surface area contributed by atoms with Gasteiger partial charge in [-0.15, -0.1) is 0 Å². The number of rotatable bonds is 19. The van der Waals surface area contributed by atoms with Crippen molar-refractivity contribution in [2.24, 2.45) is 23.7 Å². The molecule has 3 rings (SSSR count). The molecular formula is C40H62O13S3. The first-order chi connectivity index (χ1) is 25.9. The van der Waals surface area contributed by atoms with E-state index in [4.69, 9.17) is 17.7 Å². The summed E-state index contributed by atoms with van der Waals surface area (Å²) < 4.78 is 85.7. The Labute approximate surface area is 335 Å². The van der Waals surface area contributed by atoms with Crippen LogP contribution in [0.2, 0.25) is 0 Å². The van der Waals surface area contributed by atoms with Crippen molar-refractivity contribution in [3.63, 3.8) is 0 Å². The third kappa shape index (κ3) is 19.6. The predicted molar refractivity (Wildman–Crippen MR) is 215 cm³/mol. The van der Waals surface area contributed by atoms with Crippen LogP contribution >= 0.6 is 0 Å². The van der Waals surface area contributed by atoms with Gasteiger partial charge in [-0.05, 0) is 87.8 Å². The maximum Gasteiger partial charge on any atom is 0.297 e. The van der Waals surface area contributed by atoms with Crippen molar-refractivity contribution < 1.29 is 58.2 Å². The molecule has 16 heteroatoms. The molecule has 318 valence electrons. The van der Waals surface area contributed by atoms with Gasteiger partial charge >= 0.3 is 0 Å². The van der Waals surface area contributed by atoms with Gasteiger partial charge in [0.1, 0.15) is 6.10 Å². The molecule has 0 aromatic heterocycles. The Balaban J connectivity index is 0.000000421. The molecule has 0 aliphatic heterocycles. The maximum atomic E-state index is 11.9. The molecule has 4 unspecified atom stereocenters. The Morgan fingerprint density at radius 1 is 0.482 bits per heavy atom. The molecular weight excluding hydrogens is 785 g/mol. The zero-order chi connectivity index (χ0) is 42.9. The van der Waals surface area contributed by atoms with E-state index in [1.807, 2.05) is 62.3 Å². The van der Waals surface area contributed by atoms with Gasteiger partial charge in [-0.25, -0.2) is 0 Å². The SMILES string of the molecule is Cc1ccc(S(=O)(=O)OCC(CO)C(C)C)cc1.Cc1ccc(S(=O)(=O)OCC(O)C(O)CC(C)C)cc1.Cc1ccc(S(=O)(=O)OCC(O)CC(C)C)cc1. The zero-order valence-electron chi connectivity index (χ0n) is 33.9. The van der Waals surface area contributed by atoms with Crippen molar-refractivity contribution in [3.05, 3.63) is 89.5 Å². The van der Waals surface area contributed by atoms with Crippen LogP contribution in [0.4, 0.5) is 0 Å². The van der Waals surface area contributed by atoms with Crippen molar-refractivity contribution >= 4 is 30.4 Å². The number of benzene rings is 3. The monoisotopic (exact) mass is 846 g/mol. The van der Waals surface area contributed by atoms with Crippen LogP contribution in [0.3, 0.4) is 0 Å². The highest BCUT2D eigenvalue weighted by molar-refractivity contribution is 7.87. The predicted octanol–water partition coefficient (Wildman–Crippen LogP) is 5.54. The summed E-state index contributed by atoms with van der Waals surface area (Å²) in [5.41, 5.74) is 2.91. The molecule has 0 saturated carbocycles. The van der Waals surface area contributed by atoms with E-state index in [2.05, 4.69) is 0 Å². The lowest BCUT2D eigenvalue weighted by Gasteiger charge is -2.19. The Bertz CT molecular complexity index is 1880. The molecule has 0 saturated heterocycles. The van der Waals surface area contributed by atoms with Crippen LogP contribution in [0, 0.1) is 44.4 Å². The first-order valence-electron chi connectivity index (χ1n) is 18.4. The van der Waals surface area contributed by atoms with Gasteiger partial charge in [0.15, 0.2) is 0 Å². The van der Waals surface area contributed by atoms with E-state index < -0.39 is 55.3 Å². The Morgan fingerprint density at radius 3 is 1.11 bits per heavy atom. The van der Waals surface area contributed by atoms with Gasteiger partial charge in [0.05, 0.1) is 46.7 Å². The first kappa shape index (κ1) is 51.2. The molecule has 3 aromatic rings. The fourth-order valence-corrected chi connectivity index (χ4v) is 7.47. The van der Waals surface area contributed by atoms with Crippen LogP contribution in [0.5, 0.6) is 0 Å². The zero-order valence-corrected chi connectivity index (χ0v) is 36.3. The smallest absolute Gasteiger partial charge is 0.297 e. The topological polar surface area (TPSA) is 211 Å². The van der Waals surface area contributed by atoms with E-state index in [9.17, 15) is 40.6 Å². The molecule has 0 aliphatic carbocycles. The summed E-state index contributed by atoms with van der Waals surface area (Å²) >= 11 is 0. The summed E-state index contributed by atoms with van der Waals surface area (Å²) in [6.07, 6.45) is -2.08. The summed E-state index contributed by atoms with van der Waals surface area (Å²) in [6, 6.07) is 19.1. The molecule has 0 radical (unpaired) electrons. The number of aryl methyl sites for hydroxylation is 3. The summed E-state index contributed by atoms with van der Waals surface area (Å²) in [7, 11) is -11.4. The quantitative estimate of drug-likeness (QED) is 0.109. The Morgan fingerprint density at radius 2 is 0.804 bits per heavy atom. The van der Waals surface area contributed by atoms with Crippen molar-refractivity contribution in [1.29, 1.82) is 0 Å². The molecule has 13 nitrogen and oxygen atoms in total. The van der Waals surface area contributed by atoms with Gasteiger partial charge in [0.25, 0.3) is 30.4 Å². The molecule has 0 fully saturated rings. The first-order valence-corrected chi connectivity index (χ1v) is 22.7. The summed E-state index contributed by atoms with van der Waals surface area (Å²) in [4.78, 5) is 0.298. The van der Waals surface area contributed by atoms with E-state index in [-0.39, 0.29) is 52.3 Å². The molecule has 4 atom stereocenters. The fourth-order valence-electron chi connectivity index (χ4n) is 4.64. The van der Waals surface area contributed by atoms with Crippen LogP contribution in [0.25, 0.3) is 0 Å². The Hall–Kier alpha value is -2.77. The molecule has 0 heterocycles. The molecule has 0 spiro atoms. The second kappa shape index (κ2) is 24.2. The largest absolute Gasteiger partial charge is 0.396 e. The van der Waals surface area contributed by atoms with Crippen molar-refractivity contribution in [2.45, 2.75) is 108 Å². The lowest BCUT2D eigenvalue weighted by Crippen LogP contribution is -2.32. The van der Waals surface area contributed by atoms with Crippen LogP contribution in [-0.2, 0) is 42.9 Å². The lowest BCUT2D eigenvalue weighted by molar-refractivity contribution is -0.0158. The lowest BCUT2D eigenvalue weighted by atomic mass is 9.98. The second-order valence-electron chi connectivity index (χ2n) is 14.9. The average molecular weight is 847 g/mol. The van der Waals surface area contributed by atoms with E-state index in [0.717, 1.165) is 16.7 Å². The molecule has 0 amide bonds. The van der Waals surface area contributed by atoms with Crippen molar-refractivity contribution in [2.75, 3.05) is 26.4 Å². The minimum atomic E-state index is -3.91. The van der Waals surface area contributed by atoms with Gasteiger partial charge in [0.2, 0.25) is 0 Å². The van der Waals surface area contributed by atoms with Gasteiger partial charge < -0.3 is 20.4 Å². The number of aliphatic hydroxyl groups excluding tert-OH is 4. The van der Waals surface area contributed by atoms with Crippen LogP contribution in [0.1, 0.15) is 71.1 Å². The van der Waals surface area contributed by atoms with E-state index >= 15 is 0 Å². The third-order valence-electron chi connectivity index (χ3n) is 8.25. The minimum absolute atomic E-state index is 0.00434. The van der Waals surface area contributed by atoms with Crippen LogP contribution in [-0.4, -0.2) is 90.4 Å². The third-order valence-corrected chi connectivity index (χ3v) is 12.1. The van der Waals surface area contributed by atoms with Crippen molar-refractivity contribution in [1.82, 2.24) is 0 Å². The molecule has 3 aromatic carbocycles. The highest BCUT2D eigenvalue weighted by Gasteiger charge is 2.23. The van der Waals surface area contributed by atoms with Gasteiger partial charge in [-0.1, -0.05) is 94.6 Å².